The standard InChI is InChI=1S/C14H24N2O/c1-14(2,3)8-6-12(15-4)11-7-9-16-10-13(11)17-5/h7,9-10,12,15H,6,8H2,1-5H3. The predicted molar refractivity (Wildman–Crippen MR) is 71.3 cm³/mol. The summed E-state index contributed by atoms with van der Waals surface area (Å²) in [5.74, 6) is 0.862. The highest BCUT2D eigenvalue weighted by Crippen LogP contribution is 2.31. The first-order valence-electron chi connectivity index (χ1n) is 6.13. The van der Waals surface area contributed by atoms with Gasteiger partial charge in [-0.05, 0) is 31.4 Å². The van der Waals surface area contributed by atoms with E-state index >= 15 is 0 Å². The molecule has 0 aliphatic heterocycles. The summed E-state index contributed by atoms with van der Waals surface area (Å²) in [5.41, 5.74) is 1.55. The molecule has 3 nitrogen and oxygen atoms in total. The van der Waals surface area contributed by atoms with E-state index in [1.54, 1.807) is 13.3 Å². The van der Waals surface area contributed by atoms with Crippen LogP contribution >= 0.6 is 0 Å². The maximum absolute atomic E-state index is 5.36. The van der Waals surface area contributed by atoms with Crippen molar-refractivity contribution in [3.63, 3.8) is 0 Å². The number of nitrogens with one attached hydrogen (secondary N) is 1. The lowest BCUT2D eigenvalue weighted by molar-refractivity contribution is 0.331. The van der Waals surface area contributed by atoms with Crippen LogP contribution in [-0.4, -0.2) is 19.1 Å². The third-order valence-electron chi connectivity index (χ3n) is 2.94. The molecule has 0 saturated carbocycles. The zero-order chi connectivity index (χ0) is 12.9. The van der Waals surface area contributed by atoms with E-state index in [0.717, 1.165) is 12.2 Å². The quantitative estimate of drug-likeness (QED) is 0.852. The van der Waals surface area contributed by atoms with Crippen molar-refractivity contribution >= 4 is 0 Å². The molecule has 1 heterocycles. The van der Waals surface area contributed by atoms with E-state index in [-0.39, 0.29) is 0 Å². The van der Waals surface area contributed by atoms with Crippen LogP contribution in [0.25, 0.3) is 0 Å². The highest BCUT2D eigenvalue weighted by atomic mass is 16.5. The molecule has 1 unspecified atom stereocenters. The third-order valence-corrected chi connectivity index (χ3v) is 2.94. The maximum Gasteiger partial charge on any atom is 0.141 e. The Kier molecular flexibility index (Phi) is 4.94. The summed E-state index contributed by atoms with van der Waals surface area (Å²) in [5, 5.41) is 3.36. The second-order valence-corrected chi connectivity index (χ2v) is 5.56. The molecule has 0 saturated heterocycles. The van der Waals surface area contributed by atoms with Gasteiger partial charge in [-0.1, -0.05) is 20.8 Å². The number of methoxy groups -OCH3 is 1. The number of ether oxygens (including phenoxy) is 1. The Morgan fingerprint density at radius 3 is 2.65 bits per heavy atom. The first-order valence-corrected chi connectivity index (χ1v) is 6.13. The zero-order valence-electron chi connectivity index (χ0n) is 11.6. The van der Waals surface area contributed by atoms with E-state index in [9.17, 15) is 0 Å². The van der Waals surface area contributed by atoms with Gasteiger partial charge < -0.3 is 10.1 Å². The molecule has 3 heteroatoms. The Morgan fingerprint density at radius 2 is 2.12 bits per heavy atom. The summed E-state index contributed by atoms with van der Waals surface area (Å²) in [6.07, 6.45) is 5.86. The van der Waals surface area contributed by atoms with Crippen LogP contribution in [0.5, 0.6) is 5.75 Å². The largest absolute Gasteiger partial charge is 0.495 e. The van der Waals surface area contributed by atoms with Crippen LogP contribution in [-0.2, 0) is 0 Å². The van der Waals surface area contributed by atoms with E-state index in [0.29, 0.717) is 11.5 Å². The molecular formula is C14H24N2O. The minimum Gasteiger partial charge on any atom is -0.495 e. The van der Waals surface area contributed by atoms with Crippen LogP contribution in [0.3, 0.4) is 0 Å². The molecule has 1 aromatic rings. The van der Waals surface area contributed by atoms with Crippen molar-refractivity contribution in [2.45, 2.75) is 39.7 Å². The Morgan fingerprint density at radius 1 is 1.41 bits per heavy atom. The van der Waals surface area contributed by atoms with Crippen LogP contribution in [0.15, 0.2) is 18.5 Å². The normalized spacial score (nSPS) is 13.5. The maximum atomic E-state index is 5.36. The number of aromatic nitrogens is 1. The molecule has 0 aliphatic rings. The van der Waals surface area contributed by atoms with Gasteiger partial charge in [0.25, 0.3) is 0 Å². The molecule has 0 fully saturated rings. The van der Waals surface area contributed by atoms with Gasteiger partial charge >= 0.3 is 0 Å². The number of hydrogen-bond acceptors (Lipinski definition) is 3. The molecule has 0 bridgehead atoms. The van der Waals surface area contributed by atoms with Crippen molar-refractivity contribution < 1.29 is 4.74 Å². The number of rotatable bonds is 5. The van der Waals surface area contributed by atoms with Gasteiger partial charge in [0.1, 0.15) is 5.75 Å². The van der Waals surface area contributed by atoms with Crippen molar-refractivity contribution in [3.8, 4) is 5.75 Å². The fourth-order valence-corrected chi connectivity index (χ4v) is 1.88. The van der Waals surface area contributed by atoms with Gasteiger partial charge in [-0.15, -0.1) is 0 Å². The van der Waals surface area contributed by atoms with Crippen LogP contribution in [0.4, 0.5) is 0 Å². The summed E-state index contributed by atoms with van der Waals surface area (Å²) in [7, 11) is 3.68. The zero-order valence-corrected chi connectivity index (χ0v) is 11.6. The van der Waals surface area contributed by atoms with Gasteiger partial charge in [0.15, 0.2) is 0 Å². The molecule has 96 valence electrons. The molecule has 17 heavy (non-hydrogen) atoms. The number of pyridine rings is 1. The van der Waals surface area contributed by atoms with Gasteiger partial charge in [-0.25, -0.2) is 0 Å². The number of hydrogen-bond donors (Lipinski definition) is 1. The molecule has 0 aliphatic carbocycles. The lowest BCUT2D eigenvalue weighted by atomic mass is 9.87. The van der Waals surface area contributed by atoms with Gasteiger partial charge in [-0.3, -0.25) is 4.98 Å². The molecule has 1 N–H and O–H groups in total. The topological polar surface area (TPSA) is 34.2 Å². The molecule has 0 aromatic carbocycles. The summed E-state index contributed by atoms with van der Waals surface area (Å²) in [6, 6.07) is 2.36. The smallest absolute Gasteiger partial charge is 0.141 e. The second-order valence-electron chi connectivity index (χ2n) is 5.56. The third kappa shape index (κ3) is 4.35. The highest BCUT2D eigenvalue weighted by molar-refractivity contribution is 5.32. The monoisotopic (exact) mass is 236 g/mol. The molecule has 1 rings (SSSR count). The predicted octanol–water partition coefficient (Wildman–Crippen LogP) is 3.18. The first-order chi connectivity index (χ1) is 7.98. The van der Waals surface area contributed by atoms with Gasteiger partial charge in [0, 0.05) is 17.8 Å². The Labute approximate surface area is 105 Å². The van der Waals surface area contributed by atoms with E-state index in [1.165, 1.54) is 12.0 Å². The lowest BCUT2D eigenvalue weighted by Crippen LogP contribution is -2.19. The van der Waals surface area contributed by atoms with Crippen molar-refractivity contribution in [1.29, 1.82) is 0 Å². The van der Waals surface area contributed by atoms with Gasteiger partial charge in [-0.2, -0.15) is 0 Å². The summed E-state index contributed by atoms with van der Waals surface area (Å²) >= 11 is 0. The SMILES string of the molecule is CNC(CCC(C)(C)C)c1ccncc1OC. The minimum absolute atomic E-state index is 0.326. The molecular weight excluding hydrogens is 212 g/mol. The lowest BCUT2D eigenvalue weighted by Gasteiger charge is -2.24. The summed E-state index contributed by atoms with van der Waals surface area (Å²) in [6.45, 7) is 6.80. The Balaban J connectivity index is 2.79. The van der Waals surface area contributed by atoms with E-state index in [2.05, 4.69) is 31.1 Å². The van der Waals surface area contributed by atoms with Gasteiger partial charge in [0.2, 0.25) is 0 Å². The number of nitrogens with zero attached hydrogens (tertiary/aromatic N) is 1. The fourth-order valence-electron chi connectivity index (χ4n) is 1.88. The van der Waals surface area contributed by atoms with E-state index in [4.69, 9.17) is 4.74 Å². The molecule has 1 atom stereocenters. The van der Waals surface area contributed by atoms with Crippen LogP contribution in [0.2, 0.25) is 0 Å². The van der Waals surface area contributed by atoms with Crippen LogP contribution in [0.1, 0.15) is 45.2 Å². The van der Waals surface area contributed by atoms with Crippen molar-refractivity contribution in [2.24, 2.45) is 5.41 Å². The minimum atomic E-state index is 0.326. The van der Waals surface area contributed by atoms with Crippen LogP contribution in [0, 0.1) is 5.41 Å². The average molecular weight is 236 g/mol. The van der Waals surface area contributed by atoms with Gasteiger partial charge in [0.05, 0.1) is 13.3 Å². The molecule has 1 aromatic heterocycles. The van der Waals surface area contributed by atoms with E-state index in [1.807, 2.05) is 19.3 Å². The van der Waals surface area contributed by atoms with Crippen molar-refractivity contribution in [2.75, 3.05) is 14.2 Å². The van der Waals surface area contributed by atoms with E-state index < -0.39 is 0 Å². The first kappa shape index (κ1) is 14.0. The second kappa shape index (κ2) is 6.01. The fraction of sp³-hybridized carbons (Fsp3) is 0.643. The summed E-state index contributed by atoms with van der Waals surface area (Å²) < 4.78 is 5.36. The molecule has 0 amide bonds. The molecule has 0 radical (unpaired) electrons. The molecule has 0 spiro atoms. The van der Waals surface area contributed by atoms with Crippen molar-refractivity contribution in [3.05, 3.63) is 24.0 Å². The summed E-state index contributed by atoms with van der Waals surface area (Å²) in [4.78, 5) is 4.09. The highest BCUT2D eigenvalue weighted by Gasteiger charge is 2.18. The average Bonchev–Trinajstić information content (AvgIpc) is 2.29. The Bertz CT molecular complexity index is 344. The Hall–Kier alpha value is -1.09. The van der Waals surface area contributed by atoms with Crippen molar-refractivity contribution in [1.82, 2.24) is 10.3 Å². The van der Waals surface area contributed by atoms with Crippen LogP contribution < -0.4 is 10.1 Å².